The van der Waals surface area contributed by atoms with Crippen LogP contribution in [0.2, 0.25) is 0 Å². The number of likely N-dealkylation sites (tertiary alicyclic amines) is 1. The van der Waals surface area contributed by atoms with E-state index >= 15 is 0 Å². The maximum absolute atomic E-state index is 11.7. The van der Waals surface area contributed by atoms with Crippen molar-refractivity contribution in [3.8, 4) is 0 Å². The zero-order valence-electron chi connectivity index (χ0n) is 14.6. The number of rotatable bonds is 6. The molecule has 132 valence electrons. The first-order chi connectivity index (χ1) is 12.0. The molecule has 3 N–H and O–H groups in total. The summed E-state index contributed by atoms with van der Waals surface area (Å²) in [6.07, 6.45) is 5.53. The van der Waals surface area contributed by atoms with Crippen LogP contribution in [-0.2, 0) is 17.9 Å². The Morgan fingerprint density at radius 3 is 2.64 bits per heavy atom. The third kappa shape index (κ3) is 4.54. The molecule has 1 aromatic heterocycles. The standard InChI is InChI=1S/C19H25N5O/c1-19(17(20)25)8-5-9-24(14-19)13-16-11-22-18(23-12-16)21-10-15-6-3-2-4-7-15/h2-4,6-7,11-12H,5,8-10,13-14H2,1H3,(H2,20,25)(H,21,22,23)/t19-/m1/s1. The fourth-order valence-corrected chi connectivity index (χ4v) is 3.24. The molecule has 2 aromatic rings. The van der Waals surface area contributed by atoms with E-state index in [1.54, 1.807) is 0 Å². The van der Waals surface area contributed by atoms with Gasteiger partial charge in [-0.1, -0.05) is 30.3 Å². The van der Waals surface area contributed by atoms with Crippen LogP contribution < -0.4 is 11.1 Å². The average Bonchev–Trinajstić information content (AvgIpc) is 2.62. The lowest BCUT2D eigenvalue weighted by atomic mass is 9.81. The van der Waals surface area contributed by atoms with Crippen LogP contribution in [0.25, 0.3) is 0 Å². The number of nitrogens with one attached hydrogen (secondary N) is 1. The predicted octanol–water partition coefficient (Wildman–Crippen LogP) is 2.18. The van der Waals surface area contributed by atoms with Gasteiger partial charge >= 0.3 is 0 Å². The van der Waals surface area contributed by atoms with Crippen molar-refractivity contribution in [3.63, 3.8) is 0 Å². The number of amides is 1. The maximum atomic E-state index is 11.7. The summed E-state index contributed by atoms with van der Waals surface area (Å²) in [7, 11) is 0. The van der Waals surface area contributed by atoms with Crippen molar-refractivity contribution in [2.45, 2.75) is 32.9 Å². The normalized spacial score (nSPS) is 21.0. The van der Waals surface area contributed by atoms with Crippen LogP contribution in [-0.4, -0.2) is 33.9 Å². The molecule has 0 bridgehead atoms. The number of piperidine rings is 1. The molecule has 2 heterocycles. The number of aromatic nitrogens is 2. The summed E-state index contributed by atoms with van der Waals surface area (Å²) in [6, 6.07) is 10.2. The Labute approximate surface area is 148 Å². The van der Waals surface area contributed by atoms with Crippen LogP contribution in [0.4, 0.5) is 5.95 Å². The van der Waals surface area contributed by atoms with Crippen molar-refractivity contribution in [1.29, 1.82) is 0 Å². The van der Waals surface area contributed by atoms with Crippen LogP contribution in [0.5, 0.6) is 0 Å². The second-order valence-electron chi connectivity index (χ2n) is 6.99. The van der Waals surface area contributed by atoms with E-state index in [0.29, 0.717) is 19.0 Å². The summed E-state index contributed by atoms with van der Waals surface area (Å²) in [5.41, 5.74) is 7.36. The number of carbonyl (C=O) groups excluding carboxylic acids is 1. The molecule has 0 radical (unpaired) electrons. The molecule has 1 aliphatic heterocycles. The number of nitrogens with zero attached hydrogens (tertiary/aromatic N) is 3. The minimum atomic E-state index is -0.434. The third-order valence-corrected chi connectivity index (χ3v) is 4.78. The first-order valence-electron chi connectivity index (χ1n) is 8.66. The highest BCUT2D eigenvalue weighted by molar-refractivity contribution is 5.80. The van der Waals surface area contributed by atoms with E-state index in [1.807, 2.05) is 37.5 Å². The lowest BCUT2D eigenvalue weighted by molar-refractivity contribution is -0.129. The molecule has 1 aliphatic rings. The van der Waals surface area contributed by atoms with Gasteiger partial charge in [0.25, 0.3) is 0 Å². The van der Waals surface area contributed by atoms with Crippen molar-refractivity contribution in [1.82, 2.24) is 14.9 Å². The molecular weight excluding hydrogens is 314 g/mol. The van der Waals surface area contributed by atoms with Gasteiger partial charge in [0.05, 0.1) is 5.41 Å². The Bertz CT molecular complexity index is 704. The fraction of sp³-hybridized carbons (Fsp3) is 0.421. The molecule has 6 heteroatoms. The molecule has 6 nitrogen and oxygen atoms in total. The van der Waals surface area contributed by atoms with Crippen LogP contribution in [0.15, 0.2) is 42.7 Å². The number of carbonyl (C=O) groups is 1. The van der Waals surface area contributed by atoms with Crippen molar-refractivity contribution < 1.29 is 4.79 Å². The van der Waals surface area contributed by atoms with Gasteiger partial charge in [0.1, 0.15) is 0 Å². The number of anilines is 1. The van der Waals surface area contributed by atoms with E-state index < -0.39 is 5.41 Å². The number of nitrogens with two attached hydrogens (primary N) is 1. The average molecular weight is 339 g/mol. The largest absolute Gasteiger partial charge is 0.369 e. The fourth-order valence-electron chi connectivity index (χ4n) is 3.24. The lowest BCUT2D eigenvalue weighted by Crippen LogP contribution is -2.48. The van der Waals surface area contributed by atoms with Gasteiger partial charge in [0.15, 0.2) is 0 Å². The third-order valence-electron chi connectivity index (χ3n) is 4.78. The van der Waals surface area contributed by atoms with E-state index in [1.165, 1.54) is 5.56 Å². The Morgan fingerprint density at radius 1 is 1.24 bits per heavy atom. The Kier molecular flexibility index (Phi) is 5.28. The van der Waals surface area contributed by atoms with E-state index in [9.17, 15) is 4.79 Å². The molecule has 3 rings (SSSR count). The van der Waals surface area contributed by atoms with Crippen molar-refractivity contribution in [2.24, 2.45) is 11.1 Å². The van der Waals surface area contributed by atoms with Crippen LogP contribution in [0, 0.1) is 5.41 Å². The molecule has 1 aromatic carbocycles. The zero-order chi connectivity index (χ0) is 17.7. The van der Waals surface area contributed by atoms with Gasteiger partial charge in [-0.2, -0.15) is 0 Å². The smallest absolute Gasteiger partial charge is 0.224 e. The molecule has 1 amide bonds. The van der Waals surface area contributed by atoms with Crippen molar-refractivity contribution in [2.75, 3.05) is 18.4 Å². The van der Waals surface area contributed by atoms with Crippen molar-refractivity contribution in [3.05, 3.63) is 53.9 Å². The van der Waals surface area contributed by atoms with E-state index in [4.69, 9.17) is 5.73 Å². The second-order valence-corrected chi connectivity index (χ2v) is 6.99. The first-order valence-corrected chi connectivity index (χ1v) is 8.66. The quantitative estimate of drug-likeness (QED) is 0.843. The SMILES string of the molecule is C[C@@]1(C(N)=O)CCCN(Cc2cnc(NCc3ccccc3)nc2)C1. The van der Waals surface area contributed by atoms with Gasteiger partial charge in [0.2, 0.25) is 11.9 Å². The topological polar surface area (TPSA) is 84.1 Å². The predicted molar refractivity (Wildman–Crippen MR) is 97.6 cm³/mol. The molecule has 0 saturated carbocycles. The van der Waals surface area contributed by atoms with E-state index in [2.05, 4.69) is 32.3 Å². The second kappa shape index (κ2) is 7.61. The van der Waals surface area contributed by atoms with Crippen LogP contribution in [0.1, 0.15) is 30.9 Å². The maximum Gasteiger partial charge on any atom is 0.224 e. The van der Waals surface area contributed by atoms with Gasteiger partial charge < -0.3 is 11.1 Å². The molecule has 0 aliphatic carbocycles. The van der Waals surface area contributed by atoms with Crippen LogP contribution >= 0.6 is 0 Å². The summed E-state index contributed by atoms with van der Waals surface area (Å²) in [5.74, 6) is 0.405. The Morgan fingerprint density at radius 2 is 1.96 bits per heavy atom. The van der Waals surface area contributed by atoms with Gasteiger partial charge in [-0.05, 0) is 31.9 Å². The van der Waals surface area contributed by atoms with Gasteiger partial charge in [-0.3, -0.25) is 9.69 Å². The number of primary amides is 1. The number of hydrogen-bond acceptors (Lipinski definition) is 5. The zero-order valence-corrected chi connectivity index (χ0v) is 14.6. The van der Waals surface area contributed by atoms with E-state index in [-0.39, 0.29) is 5.91 Å². The Hall–Kier alpha value is -2.47. The highest BCUT2D eigenvalue weighted by Gasteiger charge is 2.36. The minimum Gasteiger partial charge on any atom is -0.369 e. The minimum absolute atomic E-state index is 0.214. The monoisotopic (exact) mass is 339 g/mol. The molecule has 1 atom stereocenters. The molecular formula is C19H25N5O. The van der Waals surface area contributed by atoms with Gasteiger partial charge in [-0.15, -0.1) is 0 Å². The summed E-state index contributed by atoms with van der Waals surface area (Å²) < 4.78 is 0. The molecule has 1 fully saturated rings. The molecule has 25 heavy (non-hydrogen) atoms. The number of benzene rings is 1. The van der Waals surface area contributed by atoms with E-state index in [0.717, 1.165) is 31.5 Å². The first kappa shape index (κ1) is 17.4. The highest BCUT2D eigenvalue weighted by atomic mass is 16.1. The molecule has 1 saturated heterocycles. The highest BCUT2D eigenvalue weighted by Crippen LogP contribution is 2.29. The lowest BCUT2D eigenvalue weighted by Gasteiger charge is -2.38. The van der Waals surface area contributed by atoms with Crippen LogP contribution in [0.3, 0.4) is 0 Å². The summed E-state index contributed by atoms with van der Waals surface area (Å²) in [4.78, 5) is 22.7. The van der Waals surface area contributed by atoms with Gasteiger partial charge in [0, 0.05) is 37.6 Å². The Balaban J connectivity index is 1.55. The molecule has 0 spiro atoms. The molecule has 0 unspecified atom stereocenters. The summed E-state index contributed by atoms with van der Waals surface area (Å²) in [6.45, 7) is 5.05. The van der Waals surface area contributed by atoms with Crippen molar-refractivity contribution >= 4 is 11.9 Å². The van der Waals surface area contributed by atoms with Gasteiger partial charge in [-0.25, -0.2) is 9.97 Å². The summed E-state index contributed by atoms with van der Waals surface area (Å²) >= 11 is 0. The summed E-state index contributed by atoms with van der Waals surface area (Å²) in [5, 5.41) is 3.22. The number of hydrogen-bond donors (Lipinski definition) is 2.